The van der Waals surface area contributed by atoms with E-state index in [1.54, 1.807) is 25.1 Å². The molecule has 0 bridgehead atoms. The number of hydrogen-bond donors (Lipinski definition) is 1. The number of thioether (sulfide) groups is 1. The summed E-state index contributed by atoms with van der Waals surface area (Å²) in [5.41, 5.74) is -0.0692. The summed E-state index contributed by atoms with van der Waals surface area (Å²) in [5, 5.41) is 8.81. The summed E-state index contributed by atoms with van der Waals surface area (Å²) in [6.07, 6.45) is -4.67. The first-order valence-corrected chi connectivity index (χ1v) is 11.9. The zero-order chi connectivity index (χ0) is 26.3. The monoisotopic (exact) mass is 524 g/mol. The van der Waals surface area contributed by atoms with E-state index >= 15 is 0 Å². The third kappa shape index (κ3) is 7.81. The molecule has 0 unspecified atom stereocenters. The maximum absolute atomic E-state index is 14.0. The van der Waals surface area contributed by atoms with E-state index < -0.39 is 29.6 Å². The zero-order valence-corrected chi connectivity index (χ0v) is 20.3. The number of carboxylic acid groups (broad SMARTS) is 1. The average Bonchev–Trinajstić information content (AvgIpc) is 2.80. The summed E-state index contributed by atoms with van der Waals surface area (Å²) in [6.45, 7) is 3.83. The molecule has 192 valence electrons. The number of halogens is 4. The summed E-state index contributed by atoms with van der Waals surface area (Å²) >= 11 is 1.22. The second-order valence-corrected chi connectivity index (χ2v) is 8.88. The number of rotatable bonds is 11. The maximum Gasteiger partial charge on any atom is 0.416 e. The van der Waals surface area contributed by atoms with E-state index in [0.717, 1.165) is 34.7 Å². The van der Waals surface area contributed by atoms with Gasteiger partial charge in [0.1, 0.15) is 5.75 Å². The molecule has 0 aliphatic carbocycles. The van der Waals surface area contributed by atoms with Crippen molar-refractivity contribution < 1.29 is 41.7 Å². The van der Waals surface area contributed by atoms with Gasteiger partial charge in [0.2, 0.25) is 0 Å². The lowest BCUT2D eigenvalue weighted by Gasteiger charge is -2.19. The van der Waals surface area contributed by atoms with Crippen molar-refractivity contribution in [2.75, 3.05) is 12.4 Å². The Morgan fingerprint density at radius 2 is 1.78 bits per heavy atom. The van der Waals surface area contributed by atoms with Crippen molar-refractivity contribution in [1.29, 1.82) is 0 Å². The lowest BCUT2D eigenvalue weighted by atomic mass is 10.2. The number of alkyl halides is 3. The molecule has 0 amide bonds. The van der Waals surface area contributed by atoms with E-state index in [-0.39, 0.29) is 29.6 Å². The number of para-hydroxylation sites is 1. The molecule has 3 aromatic rings. The molecule has 0 saturated carbocycles. The minimum atomic E-state index is -4.61. The lowest BCUT2D eigenvalue weighted by Crippen LogP contribution is -2.16. The van der Waals surface area contributed by atoms with E-state index in [4.69, 9.17) is 19.3 Å². The Labute approximate surface area is 210 Å². The predicted octanol–water partition coefficient (Wildman–Crippen LogP) is 7.36. The summed E-state index contributed by atoms with van der Waals surface area (Å²) < 4.78 is 70.7. The van der Waals surface area contributed by atoms with Crippen LogP contribution >= 0.6 is 11.8 Å². The van der Waals surface area contributed by atoms with Crippen LogP contribution in [0.1, 0.15) is 24.5 Å². The van der Waals surface area contributed by atoms with Crippen LogP contribution in [0.15, 0.2) is 65.6 Å². The molecule has 5 nitrogen and oxygen atoms in total. The highest BCUT2D eigenvalue weighted by Crippen LogP contribution is 2.39. The van der Waals surface area contributed by atoms with Gasteiger partial charge in [-0.05, 0) is 67.9 Å². The molecule has 0 aliphatic rings. The molecule has 3 aromatic carbocycles. The van der Waals surface area contributed by atoms with Crippen LogP contribution in [0.25, 0.3) is 0 Å². The Bertz CT molecular complexity index is 1200. The highest BCUT2D eigenvalue weighted by atomic mass is 32.2. The molecule has 0 heterocycles. The molecule has 1 atom stereocenters. The van der Waals surface area contributed by atoms with Crippen molar-refractivity contribution in [2.45, 2.75) is 37.4 Å². The van der Waals surface area contributed by atoms with Crippen LogP contribution in [0.3, 0.4) is 0 Å². The second kappa shape index (κ2) is 12.0. The quantitative estimate of drug-likeness (QED) is 0.209. The first-order chi connectivity index (χ1) is 17.0. The van der Waals surface area contributed by atoms with Crippen molar-refractivity contribution >= 4 is 17.7 Å². The number of ether oxygens (including phenoxy) is 3. The van der Waals surface area contributed by atoms with Gasteiger partial charge in [0.25, 0.3) is 0 Å². The summed E-state index contributed by atoms with van der Waals surface area (Å²) in [7, 11) is 0. The Morgan fingerprint density at radius 1 is 1.03 bits per heavy atom. The minimum Gasteiger partial charge on any atom is -0.493 e. The molecule has 10 heteroatoms. The number of benzene rings is 3. The smallest absolute Gasteiger partial charge is 0.416 e. The number of aliphatic carboxylic acids is 1. The lowest BCUT2D eigenvalue weighted by molar-refractivity contribution is -0.137. The van der Waals surface area contributed by atoms with Crippen molar-refractivity contribution in [3.63, 3.8) is 0 Å². The topological polar surface area (TPSA) is 65.0 Å². The molecule has 0 saturated heterocycles. The standard InChI is InChI=1S/C26H24F4O5S/c1-16-13-19(8-10-24(16)36-15-25(31)32)33-12-11-17(2)34-22-9-7-18(26(28,29)30)14-23(22)35-21-6-4-3-5-20(21)27/h3-10,13-14,17H,11-12,15H2,1-2H3,(H,31,32)/t17-/m0/s1. The summed E-state index contributed by atoms with van der Waals surface area (Å²) in [6, 6.07) is 13.5. The molecule has 0 radical (unpaired) electrons. The van der Waals surface area contributed by atoms with Crippen molar-refractivity contribution in [1.82, 2.24) is 0 Å². The van der Waals surface area contributed by atoms with Gasteiger partial charge in [-0.2, -0.15) is 13.2 Å². The maximum atomic E-state index is 14.0. The van der Waals surface area contributed by atoms with Crippen molar-refractivity contribution in [2.24, 2.45) is 0 Å². The molecular weight excluding hydrogens is 500 g/mol. The van der Waals surface area contributed by atoms with Crippen molar-refractivity contribution in [3.8, 4) is 23.0 Å². The zero-order valence-electron chi connectivity index (χ0n) is 19.5. The summed E-state index contributed by atoms with van der Waals surface area (Å²) in [5.74, 6) is -1.51. The normalized spacial score (nSPS) is 12.2. The van der Waals surface area contributed by atoms with Gasteiger partial charge in [0.05, 0.1) is 24.0 Å². The SMILES string of the molecule is Cc1cc(OCC[C@H](C)Oc2ccc(C(F)(F)F)cc2Oc2ccccc2F)ccc1SCC(=O)O. The predicted molar refractivity (Wildman–Crippen MR) is 128 cm³/mol. The van der Waals surface area contributed by atoms with Gasteiger partial charge >= 0.3 is 12.1 Å². The average molecular weight is 525 g/mol. The third-order valence-corrected chi connectivity index (χ3v) is 6.11. The fourth-order valence-electron chi connectivity index (χ4n) is 3.14. The molecule has 0 spiro atoms. The Morgan fingerprint density at radius 3 is 2.44 bits per heavy atom. The van der Waals surface area contributed by atoms with Crippen LogP contribution in [-0.2, 0) is 11.0 Å². The molecule has 0 fully saturated rings. The molecule has 0 aromatic heterocycles. The molecule has 3 rings (SSSR count). The van der Waals surface area contributed by atoms with Crippen LogP contribution < -0.4 is 14.2 Å². The highest BCUT2D eigenvalue weighted by molar-refractivity contribution is 8.00. The van der Waals surface area contributed by atoms with Crippen molar-refractivity contribution in [3.05, 3.63) is 77.6 Å². The van der Waals surface area contributed by atoms with Crippen LogP contribution in [-0.4, -0.2) is 29.5 Å². The van der Waals surface area contributed by atoms with Gasteiger partial charge < -0.3 is 19.3 Å². The number of hydrogen-bond acceptors (Lipinski definition) is 5. The molecule has 1 N–H and O–H groups in total. The van der Waals surface area contributed by atoms with Gasteiger partial charge in [-0.3, -0.25) is 4.79 Å². The van der Waals surface area contributed by atoms with Gasteiger partial charge in [-0.1, -0.05) is 12.1 Å². The largest absolute Gasteiger partial charge is 0.493 e. The van der Waals surface area contributed by atoms with E-state index in [9.17, 15) is 22.4 Å². The first kappa shape index (κ1) is 27.2. The van der Waals surface area contributed by atoms with E-state index in [2.05, 4.69) is 0 Å². The van der Waals surface area contributed by atoms with Gasteiger partial charge in [0.15, 0.2) is 23.1 Å². The molecule has 0 aliphatic heterocycles. The second-order valence-electron chi connectivity index (χ2n) is 7.87. The van der Waals surface area contributed by atoms with Crippen LogP contribution in [0.5, 0.6) is 23.0 Å². The highest BCUT2D eigenvalue weighted by Gasteiger charge is 2.32. The van der Waals surface area contributed by atoms with Gasteiger partial charge in [0, 0.05) is 11.3 Å². The summed E-state index contributed by atoms with van der Waals surface area (Å²) in [4.78, 5) is 11.6. The van der Waals surface area contributed by atoms with Crippen LogP contribution in [0.2, 0.25) is 0 Å². The number of carboxylic acids is 1. The van der Waals surface area contributed by atoms with E-state index in [1.165, 1.54) is 30.0 Å². The van der Waals surface area contributed by atoms with Crippen LogP contribution in [0, 0.1) is 12.7 Å². The minimum absolute atomic E-state index is 0.0365. The first-order valence-electron chi connectivity index (χ1n) is 10.9. The Hall–Kier alpha value is -3.40. The Kier molecular flexibility index (Phi) is 9.08. The molecular formula is C26H24F4O5S. The van der Waals surface area contributed by atoms with Gasteiger partial charge in [-0.25, -0.2) is 4.39 Å². The fraction of sp³-hybridized carbons (Fsp3) is 0.269. The van der Waals surface area contributed by atoms with Gasteiger partial charge in [-0.15, -0.1) is 11.8 Å². The van der Waals surface area contributed by atoms with E-state index in [1.807, 2.05) is 6.92 Å². The van der Waals surface area contributed by atoms with E-state index in [0.29, 0.717) is 12.2 Å². The van der Waals surface area contributed by atoms with Crippen LogP contribution in [0.4, 0.5) is 17.6 Å². The third-order valence-electron chi connectivity index (χ3n) is 4.95. The molecule has 36 heavy (non-hydrogen) atoms. The fourth-order valence-corrected chi connectivity index (χ4v) is 3.87. The Balaban J connectivity index is 1.64. The number of carbonyl (C=O) groups is 1. The number of aryl methyl sites for hydroxylation is 1.